The SMILES string of the molecule is O=C([O-])[C@@H]1C[C@H]1c1ccccc1.O=C([O-])[C@@H]1C[C@H]1c1ccccc1.[Cu+2]. The molecule has 4 atom stereocenters. The quantitative estimate of drug-likeness (QED) is 0.737. The van der Waals surface area contributed by atoms with E-state index in [9.17, 15) is 19.8 Å². The van der Waals surface area contributed by atoms with Crippen molar-refractivity contribution in [2.24, 2.45) is 11.8 Å². The van der Waals surface area contributed by atoms with E-state index in [0.717, 1.165) is 24.0 Å². The number of carboxylic acid groups (broad SMARTS) is 2. The van der Waals surface area contributed by atoms with Crippen molar-refractivity contribution in [1.29, 1.82) is 0 Å². The molecule has 2 aromatic carbocycles. The third-order valence-electron chi connectivity index (χ3n) is 4.64. The molecule has 0 amide bonds. The summed E-state index contributed by atoms with van der Waals surface area (Å²) in [6.07, 6.45) is 1.48. The molecule has 4 nitrogen and oxygen atoms in total. The van der Waals surface area contributed by atoms with Crippen molar-refractivity contribution < 1.29 is 36.9 Å². The van der Waals surface area contributed by atoms with E-state index in [4.69, 9.17) is 0 Å². The number of carbonyl (C=O) groups excluding carboxylic acids is 2. The normalized spacial score (nSPS) is 25.6. The van der Waals surface area contributed by atoms with E-state index in [0.29, 0.717) is 0 Å². The van der Waals surface area contributed by atoms with Crippen LogP contribution in [0.4, 0.5) is 0 Å². The number of carboxylic acids is 2. The fourth-order valence-electron chi connectivity index (χ4n) is 3.05. The van der Waals surface area contributed by atoms with Gasteiger partial charge in [0, 0.05) is 23.8 Å². The van der Waals surface area contributed by atoms with Gasteiger partial charge in [0.2, 0.25) is 0 Å². The van der Waals surface area contributed by atoms with Crippen LogP contribution in [0.25, 0.3) is 0 Å². The Balaban J connectivity index is 0.000000173. The summed E-state index contributed by atoms with van der Waals surface area (Å²) in [5.74, 6) is -1.90. The second-order valence-corrected chi connectivity index (χ2v) is 6.36. The van der Waals surface area contributed by atoms with Gasteiger partial charge in [-0.2, -0.15) is 0 Å². The number of carbonyl (C=O) groups is 2. The summed E-state index contributed by atoms with van der Waals surface area (Å²) in [5.41, 5.74) is 2.23. The summed E-state index contributed by atoms with van der Waals surface area (Å²) in [6, 6.07) is 19.4. The molecule has 0 N–H and O–H groups in total. The molecule has 0 heterocycles. The molecule has 2 saturated carbocycles. The fraction of sp³-hybridized carbons (Fsp3) is 0.300. The largest absolute Gasteiger partial charge is 2.00 e. The molecule has 0 spiro atoms. The minimum atomic E-state index is -0.913. The van der Waals surface area contributed by atoms with Crippen molar-refractivity contribution in [3.63, 3.8) is 0 Å². The van der Waals surface area contributed by atoms with Gasteiger partial charge < -0.3 is 19.8 Å². The number of benzene rings is 2. The minimum absolute atomic E-state index is 0. The molecular formula is C20H18CuO4. The standard InChI is InChI=1S/2C10H10O2.Cu/c2*11-10(12)9-6-8(9)7-4-2-1-3-5-7;/h2*1-5,8-9H,6H2,(H,11,12);/q;;+2/p-2/t2*8-,9+;/m00./s1. The molecule has 0 unspecified atom stereocenters. The smallest absolute Gasteiger partial charge is 0.550 e. The van der Waals surface area contributed by atoms with Crippen molar-refractivity contribution in [2.45, 2.75) is 24.7 Å². The Morgan fingerprint density at radius 1 is 0.680 bits per heavy atom. The Morgan fingerprint density at radius 2 is 1.00 bits per heavy atom. The molecule has 0 bridgehead atoms. The summed E-state index contributed by atoms with van der Waals surface area (Å²) in [5, 5.41) is 20.9. The van der Waals surface area contributed by atoms with Crippen LogP contribution in [0, 0.1) is 11.8 Å². The Kier molecular flexibility index (Phi) is 6.40. The predicted molar refractivity (Wildman–Crippen MR) is 84.6 cm³/mol. The van der Waals surface area contributed by atoms with Crippen LogP contribution in [-0.4, -0.2) is 11.9 Å². The van der Waals surface area contributed by atoms with E-state index in [-0.39, 0.29) is 40.7 Å². The van der Waals surface area contributed by atoms with Gasteiger partial charge in [-0.1, -0.05) is 60.7 Å². The maximum atomic E-state index is 10.4. The maximum Gasteiger partial charge on any atom is 2.00 e. The first-order valence-electron chi connectivity index (χ1n) is 8.09. The average Bonchev–Trinajstić information content (AvgIpc) is 3.49. The topological polar surface area (TPSA) is 80.3 Å². The molecule has 4 rings (SSSR count). The van der Waals surface area contributed by atoms with Crippen molar-refractivity contribution >= 4 is 11.9 Å². The van der Waals surface area contributed by atoms with Gasteiger partial charge in [-0.15, -0.1) is 0 Å². The zero-order chi connectivity index (χ0) is 17.1. The average molecular weight is 386 g/mol. The van der Waals surface area contributed by atoms with Crippen LogP contribution in [0.5, 0.6) is 0 Å². The minimum Gasteiger partial charge on any atom is -0.550 e. The molecule has 2 aliphatic rings. The molecule has 2 aliphatic carbocycles. The van der Waals surface area contributed by atoms with Crippen LogP contribution in [0.2, 0.25) is 0 Å². The van der Waals surface area contributed by atoms with Crippen LogP contribution in [0.3, 0.4) is 0 Å². The van der Waals surface area contributed by atoms with E-state index in [1.54, 1.807) is 0 Å². The van der Waals surface area contributed by atoms with Crippen LogP contribution >= 0.6 is 0 Å². The molecular weight excluding hydrogens is 368 g/mol. The fourth-order valence-corrected chi connectivity index (χ4v) is 3.05. The zero-order valence-electron chi connectivity index (χ0n) is 13.4. The van der Waals surface area contributed by atoms with Crippen LogP contribution in [-0.2, 0) is 26.7 Å². The molecule has 0 aliphatic heterocycles. The van der Waals surface area contributed by atoms with Gasteiger partial charge in [0.1, 0.15) is 0 Å². The Morgan fingerprint density at radius 3 is 1.24 bits per heavy atom. The second-order valence-electron chi connectivity index (χ2n) is 6.36. The first kappa shape index (κ1) is 19.2. The van der Waals surface area contributed by atoms with Gasteiger partial charge in [0.05, 0.1) is 0 Å². The molecule has 25 heavy (non-hydrogen) atoms. The van der Waals surface area contributed by atoms with E-state index in [2.05, 4.69) is 0 Å². The Hall–Kier alpha value is -2.10. The third-order valence-corrected chi connectivity index (χ3v) is 4.64. The van der Waals surface area contributed by atoms with Gasteiger partial charge in [-0.3, -0.25) is 0 Å². The molecule has 0 saturated heterocycles. The number of hydrogen-bond donors (Lipinski definition) is 0. The predicted octanol–water partition coefficient (Wildman–Crippen LogP) is 1.08. The van der Waals surface area contributed by atoms with Crippen molar-refractivity contribution in [2.75, 3.05) is 0 Å². The van der Waals surface area contributed by atoms with Crippen molar-refractivity contribution in [3.8, 4) is 0 Å². The van der Waals surface area contributed by atoms with Crippen molar-refractivity contribution in [3.05, 3.63) is 71.8 Å². The van der Waals surface area contributed by atoms with E-state index in [1.807, 2.05) is 60.7 Å². The first-order chi connectivity index (χ1) is 11.6. The molecule has 133 valence electrons. The van der Waals surface area contributed by atoms with Gasteiger partial charge in [0.25, 0.3) is 0 Å². The Labute approximate surface area is 157 Å². The molecule has 0 aromatic heterocycles. The summed E-state index contributed by atoms with van der Waals surface area (Å²) < 4.78 is 0. The van der Waals surface area contributed by atoms with Gasteiger partial charge in [-0.05, 0) is 35.8 Å². The first-order valence-corrected chi connectivity index (χ1v) is 8.09. The van der Waals surface area contributed by atoms with E-state index >= 15 is 0 Å². The Bertz CT molecular complexity index is 653. The van der Waals surface area contributed by atoms with Gasteiger partial charge in [-0.25, -0.2) is 0 Å². The van der Waals surface area contributed by atoms with E-state index in [1.165, 1.54) is 0 Å². The van der Waals surface area contributed by atoms with Crippen LogP contribution in [0.15, 0.2) is 60.7 Å². The number of aliphatic carboxylic acids is 2. The van der Waals surface area contributed by atoms with E-state index < -0.39 is 11.9 Å². The molecule has 2 aromatic rings. The zero-order valence-corrected chi connectivity index (χ0v) is 14.4. The summed E-state index contributed by atoms with van der Waals surface area (Å²) in [7, 11) is 0. The van der Waals surface area contributed by atoms with Crippen LogP contribution in [0.1, 0.15) is 35.8 Å². The third kappa shape index (κ3) is 4.94. The summed E-state index contributed by atoms with van der Waals surface area (Å²) in [4.78, 5) is 20.9. The second kappa shape index (κ2) is 8.32. The van der Waals surface area contributed by atoms with Gasteiger partial charge >= 0.3 is 17.1 Å². The summed E-state index contributed by atoms with van der Waals surface area (Å²) in [6.45, 7) is 0. The van der Waals surface area contributed by atoms with Crippen molar-refractivity contribution in [1.82, 2.24) is 0 Å². The maximum absolute atomic E-state index is 10.4. The number of hydrogen-bond acceptors (Lipinski definition) is 4. The molecule has 2 fully saturated rings. The molecule has 1 radical (unpaired) electrons. The summed E-state index contributed by atoms with van der Waals surface area (Å²) >= 11 is 0. The van der Waals surface area contributed by atoms with Gasteiger partial charge in [0.15, 0.2) is 0 Å². The monoisotopic (exact) mass is 385 g/mol. The number of rotatable bonds is 4. The molecule has 5 heteroatoms. The van der Waals surface area contributed by atoms with Crippen LogP contribution < -0.4 is 10.2 Å².